The second-order valence-corrected chi connectivity index (χ2v) is 6.98. The van der Waals surface area contributed by atoms with E-state index in [0.717, 1.165) is 5.75 Å². The zero-order chi connectivity index (χ0) is 16.8. The third-order valence-electron chi connectivity index (χ3n) is 2.69. The zero-order valence-corrected chi connectivity index (χ0v) is 15.3. The number of nitrogens with one attached hydrogen (secondary N) is 1. The lowest BCUT2D eigenvalue weighted by molar-refractivity contribution is -0.120. The third kappa shape index (κ3) is 5.64. The van der Waals surface area contributed by atoms with Gasteiger partial charge in [0.15, 0.2) is 5.44 Å². The summed E-state index contributed by atoms with van der Waals surface area (Å²) >= 11 is 13.5. The number of carbonyl (C=O) groups is 1. The lowest BCUT2D eigenvalue weighted by atomic mass is 10.0. The number of amides is 1. The average molecular weight is 360 g/mol. The number of rotatable bonds is 6. The van der Waals surface area contributed by atoms with E-state index in [2.05, 4.69) is 17.2 Å². The van der Waals surface area contributed by atoms with E-state index >= 15 is 0 Å². The highest BCUT2D eigenvalue weighted by atomic mass is 35.5. The number of carbonyl (C=O) groups excluding carboxylic acids is 1. The van der Waals surface area contributed by atoms with Crippen LogP contribution in [0.15, 0.2) is 18.2 Å². The van der Waals surface area contributed by atoms with Gasteiger partial charge in [0.25, 0.3) is 0 Å². The van der Waals surface area contributed by atoms with Crippen LogP contribution in [-0.4, -0.2) is 22.6 Å². The van der Waals surface area contributed by atoms with Gasteiger partial charge in [0.05, 0.1) is 0 Å². The van der Waals surface area contributed by atoms with Crippen LogP contribution in [-0.2, 0) is 4.79 Å². The van der Waals surface area contributed by atoms with E-state index in [-0.39, 0.29) is 5.91 Å². The van der Waals surface area contributed by atoms with Gasteiger partial charge in [-0.25, -0.2) is 0 Å². The normalized spacial score (nSPS) is 14.3. The van der Waals surface area contributed by atoms with Gasteiger partial charge in [0, 0.05) is 17.0 Å². The van der Waals surface area contributed by atoms with Crippen LogP contribution in [0.5, 0.6) is 5.75 Å². The predicted octanol–water partition coefficient (Wildman–Crippen LogP) is 4.37. The fraction of sp³-hybridized carbons (Fsp3) is 0.438. The summed E-state index contributed by atoms with van der Waals surface area (Å²) in [5.41, 5.74) is -1.22. The SMILES string of the molecule is CC#CC(C)(NC(C)=O)C(Oc1cc(Cl)cc(Cl)c1)SCC. The summed E-state index contributed by atoms with van der Waals surface area (Å²) in [5.74, 6) is 7.06. The van der Waals surface area contributed by atoms with Gasteiger partial charge in [-0.1, -0.05) is 36.0 Å². The molecule has 1 aromatic rings. The molecule has 0 fully saturated rings. The van der Waals surface area contributed by atoms with Crippen LogP contribution in [0.2, 0.25) is 10.0 Å². The summed E-state index contributed by atoms with van der Waals surface area (Å²) in [6.07, 6.45) is 0. The quantitative estimate of drug-likeness (QED) is 0.605. The molecule has 120 valence electrons. The first-order valence-electron chi connectivity index (χ1n) is 6.77. The van der Waals surface area contributed by atoms with Gasteiger partial charge in [0.1, 0.15) is 11.3 Å². The first kappa shape index (κ1) is 19.0. The fourth-order valence-electron chi connectivity index (χ4n) is 1.96. The van der Waals surface area contributed by atoms with Crippen LogP contribution in [0.25, 0.3) is 0 Å². The van der Waals surface area contributed by atoms with Crippen LogP contribution in [0.3, 0.4) is 0 Å². The van der Waals surface area contributed by atoms with E-state index in [1.54, 1.807) is 36.9 Å². The number of ether oxygens (including phenoxy) is 1. The molecule has 0 heterocycles. The number of halogens is 2. The summed E-state index contributed by atoms with van der Waals surface area (Å²) in [5, 5.41) is 3.85. The number of hydrogen-bond acceptors (Lipinski definition) is 3. The standard InChI is InChI=1S/C16H19Cl2NO2S/c1-5-7-16(4,19-11(3)20)15(22-6-2)21-14-9-12(17)8-13(18)10-14/h8-10,15H,6H2,1-4H3,(H,19,20). The molecule has 3 nitrogen and oxygen atoms in total. The molecule has 0 bridgehead atoms. The molecule has 0 radical (unpaired) electrons. The molecule has 0 aliphatic carbocycles. The highest BCUT2D eigenvalue weighted by molar-refractivity contribution is 7.99. The predicted molar refractivity (Wildman–Crippen MR) is 94.7 cm³/mol. The van der Waals surface area contributed by atoms with Crippen molar-refractivity contribution in [1.29, 1.82) is 0 Å². The molecule has 0 spiro atoms. The minimum atomic E-state index is -0.823. The summed E-state index contributed by atoms with van der Waals surface area (Å²) in [7, 11) is 0. The molecule has 0 aliphatic rings. The van der Waals surface area contributed by atoms with E-state index in [9.17, 15) is 4.79 Å². The first-order chi connectivity index (χ1) is 10.3. The average Bonchev–Trinajstić information content (AvgIpc) is 2.36. The lowest BCUT2D eigenvalue weighted by Gasteiger charge is -2.33. The van der Waals surface area contributed by atoms with Crippen LogP contribution in [0.1, 0.15) is 27.7 Å². The van der Waals surface area contributed by atoms with Crippen LogP contribution in [0.4, 0.5) is 0 Å². The Morgan fingerprint density at radius 1 is 1.41 bits per heavy atom. The highest BCUT2D eigenvalue weighted by Crippen LogP contribution is 2.30. The maximum absolute atomic E-state index is 11.5. The molecule has 1 amide bonds. The van der Waals surface area contributed by atoms with Crippen molar-refractivity contribution in [3.05, 3.63) is 28.2 Å². The smallest absolute Gasteiger partial charge is 0.218 e. The van der Waals surface area contributed by atoms with Crippen LogP contribution in [0, 0.1) is 11.8 Å². The minimum Gasteiger partial charge on any atom is -0.476 e. The topological polar surface area (TPSA) is 38.3 Å². The second-order valence-electron chi connectivity index (χ2n) is 4.77. The Bertz CT molecular complexity index is 577. The van der Waals surface area contributed by atoms with Gasteiger partial charge in [-0.2, -0.15) is 0 Å². The van der Waals surface area contributed by atoms with E-state index in [1.807, 2.05) is 13.8 Å². The van der Waals surface area contributed by atoms with Gasteiger partial charge in [-0.05, 0) is 37.8 Å². The minimum absolute atomic E-state index is 0.167. The fourth-order valence-corrected chi connectivity index (χ4v) is 3.40. The van der Waals surface area contributed by atoms with Gasteiger partial charge in [-0.3, -0.25) is 4.79 Å². The monoisotopic (exact) mass is 359 g/mol. The van der Waals surface area contributed by atoms with Crippen LogP contribution < -0.4 is 10.1 Å². The molecule has 1 N–H and O–H groups in total. The van der Waals surface area contributed by atoms with Gasteiger partial charge in [-0.15, -0.1) is 17.7 Å². The molecule has 2 atom stereocenters. The van der Waals surface area contributed by atoms with Crippen LogP contribution >= 0.6 is 35.0 Å². The van der Waals surface area contributed by atoms with E-state index in [4.69, 9.17) is 27.9 Å². The van der Waals surface area contributed by atoms with Crippen molar-refractivity contribution in [1.82, 2.24) is 5.32 Å². The maximum Gasteiger partial charge on any atom is 0.218 e. The first-order valence-corrected chi connectivity index (χ1v) is 8.58. The lowest BCUT2D eigenvalue weighted by Crippen LogP contribution is -2.54. The number of hydrogen-bond donors (Lipinski definition) is 1. The van der Waals surface area contributed by atoms with Crippen molar-refractivity contribution in [2.75, 3.05) is 5.75 Å². The van der Waals surface area contributed by atoms with Gasteiger partial charge >= 0.3 is 0 Å². The molecular weight excluding hydrogens is 341 g/mol. The molecule has 1 aromatic carbocycles. The molecular formula is C16H19Cl2NO2S. The Hall–Kier alpha value is -1.02. The Kier molecular flexibility index (Phi) is 7.41. The number of thioether (sulfide) groups is 1. The van der Waals surface area contributed by atoms with Gasteiger partial charge < -0.3 is 10.1 Å². The largest absolute Gasteiger partial charge is 0.476 e. The summed E-state index contributed by atoms with van der Waals surface area (Å²) in [6, 6.07) is 5.01. The van der Waals surface area contributed by atoms with Crippen molar-refractivity contribution in [2.24, 2.45) is 0 Å². The van der Waals surface area contributed by atoms with E-state index in [0.29, 0.717) is 15.8 Å². The van der Waals surface area contributed by atoms with Crippen molar-refractivity contribution in [3.8, 4) is 17.6 Å². The van der Waals surface area contributed by atoms with Crippen molar-refractivity contribution in [2.45, 2.75) is 38.7 Å². The summed E-state index contributed by atoms with van der Waals surface area (Å²) in [6.45, 7) is 7.04. The Morgan fingerprint density at radius 3 is 2.45 bits per heavy atom. The summed E-state index contributed by atoms with van der Waals surface area (Å²) in [4.78, 5) is 11.5. The molecule has 22 heavy (non-hydrogen) atoms. The molecule has 0 aliphatic heterocycles. The third-order valence-corrected chi connectivity index (χ3v) is 4.33. The van der Waals surface area contributed by atoms with E-state index in [1.165, 1.54) is 6.92 Å². The molecule has 0 saturated carbocycles. The van der Waals surface area contributed by atoms with Crippen molar-refractivity contribution < 1.29 is 9.53 Å². The molecule has 1 rings (SSSR count). The van der Waals surface area contributed by atoms with Crippen molar-refractivity contribution in [3.63, 3.8) is 0 Å². The van der Waals surface area contributed by atoms with E-state index < -0.39 is 11.0 Å². The molecule has 0 saturated heterocycles. The van der Waals surface area contributed by atoms with Crippen molar-refractivity contribution >= 4 is 40.9 Å². The Morgan fingerprint density at radius 2 is 2.00 bits per heavy atom. The number of benzene rings is 1. The molecule has 0 aromatic heterocycles. The Labute approximate surface area is 146 Å². The second kappa shape index (κ2) is 8.57. The highest BCUT2D eigenvalue weighted by Gasteiger charge is 2.35. The molecule has 6 heteroatoms. The zero-order valence-electron chi connectivity index (χ0n) is 13.0. The summed E-state index contributed by atoms with van der Waals surface area (Å²) < 4.78 is 6.01. The maximum atomic E-state index is 11.5. The Balaban J connectivity index is 3.12. The van der Waals surface area contributed by atoms with Gasteiger partial charge in [0.2, 0.25) is 5.91 Å². The molecule has 2 unspecified atom stereocenters.